The Morgan fingerprint density at radius 3 is 2.40 bits per heavy atom. The average molecular weight is 268 g/mol. The topological polar surface area (TPSA) is 32.3 Å². The summed E-state index contributed by atoms with van der Waals surface area (Å²) in [5, 5.41) is 3.22. The second-order valence-corrected chi connectivity index (χ2v) is 4.65. The lowest BCUT2D eigenvalue weighted by Crippen LogP contribution is -2.32. The van der Waals surface area contributed by atoms with Gasteiger partial charge in [0.05, 0.1) is 6.54 Å². The Morgan fingerprint density at radius 1 is 1.05 bits per heavy atom. The van der Waals surface area contributed by atoms with E-state index in [2.05, 4.69) is 18.3 Å². The largest absolute Gasteiger partial charge is 0.376 e. The van der Waals surface area contributed by atoms with E-state index in [0.717, 1.165) is 17.8 Å². The van der Waals surface area contributed by atoms with Crippen LogP contribution in [0.2, 0.25) is 0 Å². The predicted octanol–water partition coefficient (Wildman–Crippen LogP) is 3.32. The molecule has 0 spiro atoms. The second kappa shape index (κ2) is 6.75. The van der Waals surface area contributed by atoms with Crippen LogP contribution in [0.25, 0.3) is 0 Å². The lowest BCUT2D eigenvalue weighted by molar-refractivity contribution is -0.116. The zero-order valence-electron chi connectivity index (χ0n) is 12.0. The maximum absolute atomic E-state index is 12.2. The Balaban J connectivity index is 1.99. The summed E-state index contributed by atoms with van der Waals surface area (Å²) in [6.07, 6.45) is 0.950. The minimum absolute atomic E-state index is 0.0436. The molecule has 104 valence electrons. The summed E-state index contributed by atoms with van der Waals surface area (Å²) in [4.78, 5) is 13.8. The van der Waals surface area contributed by atoms with Gasteiger partial charge < -0.3 is 10.2 Å². The van der Waals surface area contributed by atoms with Crippen LogP contribution in [0.5, 0.6) is 0 Å². The van der Waals surface area contributed by atoms with E-state index in [9.17, 15) is 4.79 Å². The average Bonchev–Trinajstić information content (AvgIpc) is 2.53. The summed E-state index contributed by atoms with van der Waals surface area (Å²) in [7, 11) is 1.80. The van der Waals surface area contributed by atoms with Gasteiger partial charge in [0, 0.05) is 18.4 Å². The van der Waals surface area contributed by atoms with Crippen molar-refractivity contribution in [3.05, 3.63) is 60.2 Å². The quantitative estimate of drug-likeness (QED) is 0.902. The molecular weight excluding hydrogens is 248 g/mol. The number of nitrogens with zero attached hydrogens (tertiary/aromatic N) is 1. The third-order valence-corrected chi connectivity index (χ3v) is 3.35. The monoisotopic (exact) mass is 268 g/mol. The zero-order valence-corrected chi connectivity index (χ0v) is 12.0. The Hall–Kier alpha value is -2.29. The lowest BCUT2D eigenvalue weighted by atomic mass is 10.1. The fourth-order valence-electron chi connectivity index (χ4n) is 2.09. The highest BCUT2D eigenvalue weighted by Crippen LogP contribution is 2.16. The van der Waals surface area contributed by atoms with Gasteiger partial charge in [0.2, 0.25) is 5.91 Å². The molecule has 0 saturated heterocycles. The van der Waals surface area contributed by atoms with Gasteiger partial charge in [0.25, 0.3) is 0 Å². The maximum Gasteiger partial charge on any atom is 0.246 e. The van der Waals surface area contributed by atoms with Gasteiger partial charge in [-0.15, -0.1) is 0 Å². The first-order valence-corrected chi connectivity index (χ1v) is 6.85. The number of benzene rings is 2. The number of rotatable bonds is 5. The maximum atomic E-state index is 12.2. The highest BCUT2D eigenvalue weighted by molar-refractivity contribution is 5.95. The first-order chi connectivity index (χ1) is 9.72. The molecule has 0 atom stereocenters. The van der Waals surface area contributed by atoms with Crippen molar-refractivity contribution < 1.29 is 4.79 Å². The molecule has 0 fully saturated rings. The molecule has 2 rings (SSSR count). The number of likely N-dealkylation sites (N-methyl/N-ethyl adjacent to an activating group) is 1. The third-order valence-electron chi connectivity index (χ3n) is 3.35. The fourth-order valence-corrected chi connectivity index (χ4v) is 2.09. The van der Waals surface area contributed by atoms with Gasteiger partial charge >= 0.3 is 0 Å². The van der Waals surface area contributed by atoms with Gasteiger partial charge in [-0.05, 0) is 30.2 Å². The summed E-state index contributed by atoms with van der Waals surface area (Å²) in [5.41, 5.74) is 3.16. The number of aryl methyl sites for hydroxylation is 1. The summed E-state index contributed by atoms with van der Waals surface area (Å²) < 4.78 is 0. The van der Waals surface area contributed by atoms with Crippen LogP contribution < -0.4 is 10.2 Å². The summed E-state index contributed by atoms with van der Waals surface area (Å²) >= 11 is 0. The molecule has 3 nitrogen and oxygen atoms in total. The van der Waals surface area contributed by atoms with Gasteiger partial charge in [-0.3, -0.25) is 4.79 Å². The minimum Gasteiger partial charge on any atom is -0.376 e. The van der Waals surface area contributed by atoms with Crippen molar-refractivity contribution in [2.24, 2.45) is 0 Å². The summed E-state index contributed by atoms with van der Waals surface area (Å²) in [5.74, 6) is 0.0436. The zero-order chi connectivity index (χ0) is 14.4. The molecule has 0 bridgehead atoms. The molecule has 0 saturated carbocycles. The molecule has 1 amide bonds. The van der Waals surface area contributed by atoms with Crippen molar-refractivity contribution in [2.75, 3.05) is 23.8 Å². The Morgan fingerprint density at radius 2 is 1.70 bits per heavy atom. The van der Waals surface area contributed by atoms with E-state index < -0.39 is 0 Å². The van der Waals surface area contributed by atoms with E-state index in [1.165, 1.54) is 5.56 Å². The first kappa shape index (κ1) is 14.1. The predicted molar refractivity (Wildman–Crippen MR) is 84.2 cm³/mol. The van der Waals surface area contributed by atoms with E-state index in [1.54, 1.807) is 11.9 Å². The van der Waals surface area contributed by atoms with Crippen LogP contribution in [0.4, 0.5) is 11.4 Å². The Bertz CT molecular complexity index is 566. The van der Waals surface area contributed by atoms with Crippen LogP contribution in [0, 0.1) is 0 Å². The van der Waals surface area contributed by atoms with Crippen LogP contribution in [0.15, 0.2) is 54.6 Å². The molecule has 0 aliphatic heterocycles. The number of carbonyl (C=O) groups excluding carboxylic acids is 1. The number of nitrogens with one attached hydrogen (secondary N) is 1. The SMILES string of the molecule is CCc1ccccc1NCC(=O)N(C)c1ccccc1. The number of anilines is 2. The molecule has 0 aliphatic rings. The van der Waals surface area contributed by atoms with Crippen molar-refractivity contribution >= 4 is 17.3 Å². The van der Waals surface area contributed by atoms with Crippen molar-refractivity contribution in [2.45, 2.75) is 13.3 Å². The highest BCUT2D eigenvalue weighted by atomic mass is 16.2. The first-order valence-electron chi connectivity index (χ1n) is 6.85. The fraction of sp³-hybridized carbons (Fsp3) is 0.235. The van der Waals surface area contributed by atoms with Gasteiger partial charge in [0.15, 0.2) is 0 Å². The standard InChI is InChI=1S/C17H20N2O/c1-3-14-9-7-8-12-16(14)18-13-17(20)19(2)15-10-5-4-6-11-15/h4-12,18H,3,13H2,1-2H3. The van der Waals surface area contributed by atoms with E-state index in [4.69, 9.17) is 0 Å². The van der Waals surface area contributed by atoms with Gasteiger partial charge in [0.1, 0.15) is 0 Å². The number of hydrogen-bond donors (Lipinski definition) is 1. The van der Waals surface area contributed by atoms with Gasteiger partial charge in [-0.1, -0.05) is 43.3 Å². The van der Waals surface area contributed by atoms with Crippen molar-refractivity contribution in [3.63, 3.8) is 0 Å². The molecule has 2 aromatic rings. The van der Waals surface area contributed by atoms with Gasteiger partial charge in [-0.2, -0.15) is 0 Å². The smallest absolute Gasteiger partial charge is 0.246 e. The molecule has 3 heteroatoms. The van der Waals surface area contributed by atoms with Crippen molar-refractivity contribution in [1.29, 1.82) is 0 Å². The van der Waals surface area contributed by atoms with E-state index in [0.29, 0.717) is 6.54 Å². The molecular formula is C17H20N2O. The van der Waals surface area contributed by atoms with E-state index in [1.807, 2.05) is 48.5 Å². The second-order valence-electron chi connectivity index (χ2n) is 4.65. The Labute approximate surface area is 120 Å². The van der Waals surface area contributed by atoms with Crippen molar-refractivity contribution in [3.8, 4) is 0 Å². The van der Waals surface area contributed by atoms with Crippen molar-refractivity contribution in [1.82, 2.24) is 0 Å². The summed E-state index contributed by atoms with van der Waals surface area (Å²) in [6.45, 7) is 2.40. The molecule has 20 heavy (non-hydrogen) atoms. The van der Waals surface area contributed by atoms with E-state index in [-0.39, 0.29) is 5.91 Å². The van der Waals surface area contributed by atoms with Crippen LogP contribution in [-0.2, 0) is 11.2 Å². The van der Waals surface area contributed by atoms with Crippen LogP contribution in [0.1, 0.15) is 12.5 Å². The number of hydrogen-bond acceptors (Lipinski definition) is 2. The summed E-state index contributed by atoms with van der Waals surface area (Å²) in [6, 6.07) is 17.7. The normalized spacial score (nSPS) is 10.1. The molecule has 0 aliphatic carbocycles. The molecule has 0 unspecified atom stereocenters. The van der Waals surface area contributed by atoms with Crippen LogP contribution in [-0.4, -0.2) is 19.5 Å². The molecule has 0 heterocycles. The van der Waals surface area contributed by atoms with Crippen LogP contribution >= 0.6 is 0 Å². The number of carbonyl (C=O) groups is 1. The molecule has 0 radical (unpaired) electrons. The number of amides is 1. The Kier molecular flexibility index (Phi) is 4.77. The minimum atomic E-state index is 0.0436. The number of para-hydroxylation sites is 2. The highest BCUT2D eigenvalue weighted by Gasteiger charge is 2.10. The lowest BCUT2D eigenvalue weighted by Gasteiger charge is -2.18. The molecule has 1 N–H and O–H groups in total. The van der Waals surface area contributed by atoms with E-state index >= 15 is 0 Å². The van der Waals surface area contributed by atoms with Crippen LogP contribution in [0.3, 0.4) is 0 Å². The molecule has 0 aromatic heterocycles. The van der Waals surface area contributed by atoms with Gasteiger partial charge in [-0.25, -0.2) is 0 Å². The molecule has 2 aromatic carbocycles. The third kappa shape index (κ3) is 3.38.